The van der Waals surface area contributed by atoms with Crippen LogP contribution in [-0.2, 0) is 11.8 Å². The van der Waals surface area contributed by atoms with E-state index in [9.17, 15) is 0 Å². The monoisotopic (exact) mass is 545 g/mol. The summed E-state index contributed by atoms with van der Waals surface area (Å²) in [7, 11) is 0. The van der Waals surface area contributed by atoms with Crippen molar-refractivity contribution in [2.75, 3.05) is 5.75 Å². The molecule has 0 unspecified atom stereocenters. The van der Waals surface area contributed by atoms with E-state index in [2.05, 4.69) is 135 Å². The second kappa shape index (κ2) is 12.7. The molecule has 0 saturated carbocycles. The standard InChI is InChI=1S/C36H39N3S/c1-36(2,3)32-22-20-31(21-23-32)35-38-37-34(30-18-16-29(17-19-30)28-12-8-6-9-13-28)39(35)33-24-14-27(15-25-33)11-7-4-5-10-26-40/h6,8-9,12-25,40H,4-5,7,10-11,26H2,1-3H3. The molecular weight excluding hydrogens is 506 g/mol. The first-order valence-electron chi connectivity index (χ1n) is 14.4. The Morgan fingerprint density at radius 2 is 1.10 bits per heavy atom. The molecule has 1 aromatic heterocycles. The van der Waals surface area contributed by atoms with Crippen LogP contribution >= 0.6 is 12.6 Å². The SMILES string of the molecule is CC(C)(C)c1ccc(-c2nnc(-c3ccc(-c4ccccc4)cc3)n2-c2ccc(CCCCCCS)cc2)cc1. The molecule has 0 N–H and O–H groups in total. The lowest BCUT2D eigenvalue weighted by atomic mass is 9.86. The van der Waals surface area contributed by atoms with Gasteiger partial charge in [0.05, 0.1) is 0 Å². The van der Waals surface area contributed by atoms with E-state index in [0.717, 1.165) is 40.6 Å². The molecule has 40 heavy (non-hydrogen) atoms. The maximum atomic E-state index is 4.72. The van der Waals surface area contributed by atoms with Gasteiger partial charge in [-0.2, -0.15) is 12.6 Å². The molecule has 204 valence electrons. The largest absolute Gasteiger partial charge is 0.275 e. The first-order valence-corrected chi connectivity index (χ1v) is 15.0. The second-order valence-electron chi connectivity index (χ2n) is 11.5. The fraction of sp³-hybridized carbons (Fsp3) is 0.278. The van der Waals surface area contributed by atoms with Crippen molar-refractivity contribution < 1.29 is 0 Å². The number of rotatable bonds is 10. The van der Waals surface area contributed by atoms with Crippen LogP contribution in [0.4, 0.5) is 0 Å². The van der Waals surface area contributed by atoms with E-state index in [1.54, 1.807) is 0 Å². The Hall–Kier alpha value is -3.63. The number of hydrogen-bond donors (Lipinski definition) is 1. The van der Waals surface area contributed by atoms with Crippen LogP contribution in [0.3, 0.4) is 0 Å². The van der Waals surface area contributed by atoms with Gasteiger partial charge in [-0.15, -0.1) is 10.2 Å². The number of benzene rings is 4. The van der Waals surface area contributed by atoms with Crippen molar-refractivity contribution in [2.24, 2.45) is 0 Å². The summed E-state index contributed by atoms with van der Waals surface area (Å²) in [5.41, 5.74) is 8.33. The van der Waals surface area contributed by atoms with Crippen molar-refractivity contribution in [2.45, 2.75) is 58.3 Å². The van der Waals surface area contributed by atoms with E-state index in [0.29, 0.717) is 0 Å². The lowest BCUT2D eigenvalue weighted by Gasteiger charge is -2.19. The van der Waals surface area contributed by atoms with E-state index < -0.39 is 0 Å². The van der Waals surface area contributed by atoms with Crippen molar-refractivity contribution in [3.63, 3.8) is 0 Å². The first kappa shape index (κ1) is 27.9. The lowest BCUT2D eigenvalue weighted by Crippen LogP contribution is -2.10. The molecule has 0 aliphatic heterocycles. The molecule has 0 aliphatic carbocycles. The van der Waals surface area contributed by atoms with E-state index in [1.807, 2.05) is 6.07 Å². The molecule has 5 aromatic rings. The predicted octanol–water partition coefficient (Wildman–Crippen LogP) is 9.60. The van der Waals surface area contributed by atoms with Gasteiger partial charge in [0.25, 0.3) is 0 Å². The lowest BCUT2D eigenvalue weighted by molar-refractivity contribution is 0.590. The maximum Gasteiger partial charge on any atom is 0.168 e. The van der Waals surface area contributed by atoms with Crippen LogP contribution in [0.2, 0.25) is 0 Å². The third-order valence-electron chi connectivity index (χ3n) is 7.49. The minimum atomic E-state index is 0.0976. The minimum Gasteiger partial charge on any atom is -0.275 e. The molecule has 0 saturated heterocycles. The van der Waals surface area contributed by atoms with Gasteiger partial charge in [0, 0.05) is 16.8 Å². The molecule has 3 nitrogen and oxygen atoms in total. The average molecular weight is 546 g/mol. The Morgan fingerprint density at radius 3 is 1.68 bits per heavy atom. The highest BCUT2D eigenvalue weighted by Gasteiger charge is 2.19. The summed E-state index contributed by atoms with van der Waals surface area (Å²) in [5, 5.41) is 9.44. The Morgan fingerprint density at radius 1 is 0.575 bits per heavy atom. The Bertz CT molecular complexity index is 1490. The van der Waals surface area contributed by atoms with Crippen LogP contribution in [0.15, 0.2) is 103 Å². The maximum absolute atomic E-state index is 4.72. The quantitative estimate of drug-likeness (QED) is 0.140. The van der Waals surface area contributed by atoms with Gasteiger partial charge in [-0.1, -0.05) is 125 Å². The Balaban J connectivity index is 1.49. The number of nitrogens with zero attached hydrogens (tertiary/aromatic N) is 3. The summed E-state index contributed by atoms with van der Waals surface area (Å²) in [6.45, 7) is 6.72. The van der Waals surface area contributed by atoms with Crippen LogP contribution < -0.4 is 0 Å². The summed E-state index contributed by atoms with van der Waals surface area (Å²) >= 11 is 4.33. The van der Waals surface area contributed by atoms with Gasteiger partial charge in [0.15, 0.2) is 11.6 Å². The second-order valence-corrected chi connectivity index (χ2v) is 12.0. The number of hydrogen-bond acceptors (Lipinski definition) is 3. The van der Waals surface area contributed by atoms with Gasteiger partial charge in [-0.25, -0.2) is 0 Å². The first-order chi connectivity index (χ1) is 19.4. The van der Waals surface area contributed by atoms with E-state index in [4.69, 9.17) is 10.2 Å². The van der Waals surface area contributed by atoms with E-state index in [1.165, 1.54) is 47.9 Å². The van der Waals surface area contributed by atoms with Crippen LogP contribution in [0.5, 0.6) is 0 Å². The van der Waals surface area contributed by atoms with Crippen LogP contribution in [0, 0.1) is 0 Å². The highest BCUT2D eigenvalue weighted by molar-refractivity contribution is 7.80. The molecule has 0 atom stereocenters. The number of aryl methyl sites for hydroxylation is 1. The number of aromatic nitrogens is 3. The van der Waals surface area contributed by atoms with Crippen molar-refractivity contribution in [1.29, 1.82) is 0 Å². The molecule has 0 spiro atoms. The van der Waals surface area contributed by atoms with Crippen molar-refractivity contribution >= 4 is 12.6 Å². The minimum absolute atomic E-state index is 0.0976. The fourth-order valence-corrected chi connectivity index (χ4v) is 5.29. The summed E-state index contributed by atoms with van der Waals surface area (Å²) in [6, 6.07) is 36.8. The molecule has 0 radical (unpaired) electrons. The number of thiol groups is 1. The topological polar surface area (TPSA) is 30.7 Å². The van der Waals surface area contributed by atoms with Gasteiger partial charge in [-0.05, 0) is 64.8 Å². The van der Waals surface area contributed by atoms with Gasteiger partial charge in [0.1, 0.15) is 0 Å². The summed E-state index contributed by atoms with van der Waals surface area (Å²) in [4.78, 5) is 0. The van der Waals surface area contributed by atoms with Crippen molar-refractivity contribution in [1.82, 2.24) is 14.8 Å². The summed E-state index contributed by atoms with van der Waals surface area (Å²) in [6.07, 6.45) is 6.02. The van der Waals surface area contributed by atoms with Crippen LogP contribution in [0.1, 0.15) is 57.6 Å². The van der Waals surface area contributed by atoms with Gasteiger partial charge in [0.2, 0.25) is 0 Å². The molecular formula is C36H39N3S. The highest BCUT2D eigenvalue weighted by atomic mass is 32.1. The zero-order valence-electron chi connectivity index (χ0n) is 23.8. The van der Waals surface area contributed by atoms with Crippen molar-refractivity contribution in [3.05, 3.63) is 114 Å². The third-order valence-corrected chi connectivity index (χ3v) is 7.81. The number of unbranched alkanes of at least 4 members (excludes halogenated alkanes) is 3. The van der Waals surface area contributed by atoms with Gasteiger partial charge < -0.3 is 0 Å². The zero-order chi connectivity index (χ0) is 28.0. The van der Waals surface area contributed by atoms with E-state index >= 15 is 0 Å². The average Bonchev–Trinajstić information content (AvgIpc) is 3.43. The Labute approximate surface area is 244 Å². The van der Waals surface area contributed by atoms with Crippen molar-refractivity contribution in [3.8, 4) is 39.6 Å². The smallest absolute Gasteiger partial charge is 0.168 e. The zero-order valence-corrected chi connectivity index (χ0v) is 24.7. The van der Waals surface area contributed by atoms with Crippen LogP contribution in [0.25, 0.3) is 39.6 Å². The molecule has 0 aliphatic rings. The normalized spacial score (nSPS) is 11.6. The molecule has 4 heteroatoms. The fourth-order valence-electron chi connectivity index (χ4n) is 5.07. The highest BCUT2D eigenvalue weighted by Crippen LogP contribution is 2.32. The molecule has 0 amide bonds. The third kappa shape index (κ3) is 6.56. The predicted molar refractivity (Wildman–Crippen MR) is 172 cm³/mol. The summed E-state index contributed by atoms with van der Waals surface area (Å²) < 4.78 is 2.19. The van der Waals surface area contributed by atoms with Crippen LogP contribution in [-0.4, -0.2) is 20.5 Å². The molecule has 0 bridgehead atoms. The molecule has 0 fully saturated rings. The molecule has 5 rings (SSSR count). The van der Waals surface area contributed by atoms with E-state index in [-0.39, 0.29) is 5.41 Å². The summed E-state index contributed by atoms with van der Waals surface area (Å²) in [5.74, 6) is 2.67. The molecule has 4 aromatic carbocycles. The molecule has 1 heterocycles. The Kier molecular flexibility index (Phi) is 8.86. The van der Waals surface area contributed by atoms with Gasteiger partial charge in [-0.3, -0.25) is 4.57 Å². The van der Waals surface area contributed by atoms with Gasteiger partial charge >= 0.3 is 0 Å².